The van der Waals surface area contributed by atoms with E-state index in [-0.39, 0.29) is 12.2 Å². The van der Waals surface area contributed by atoms with Crippen LogP contribution in [-0.2, 0) is 16.1 Å². The van der Waals surface area contributed by atoms with Crippen LogP contribution in [0.1, 0.15) is 34.0 Å². The molecular weight excluding hydrogens is 444 g/mol. The van der Waals surface area contributed by atoms with Gasteiger partial charge in [0, 0.05) is 17.3 Å². The first-order chi connectivity index (χ1) is 16.9. The summed E-state index contributed by atoms with van der Waals surface area (Å²) in [5, 5.41) is 12.3. The lowest BCUT2D eigenvalue weighted by molar-refractivity contribution is -0.112. The molecule has 178 valence electrons. The van der Waals surface area contributed by atoms with Gasteiger partial charge in [-0.25, -0.2) is 4.79 Å². The maximum absolute atomic E-state index is 12.8. The number of methoxy groups -OCH3 is 1. The summed E-state index contributed by atoms with van der Waals surface area (Å²) < 4.78 is 16.3. The van der Waals surface area contributed by atoms with Crippen molar-refractivity contribution < 1.29 is 23.8 Å². The third kappa shape index (κ3) is 6.95. The summed E-state index contributed by atoms with van der Waals surface area (Å²) in [6.45, 7) is 4.32. The van der Waals surface area contributed by atoms with Crippen molar-refractivity contribution in [1.29, 1.82) is 5.26 Å². The second kappa shape index (κ2) is 12.1. The van der Waals surface area contributed by atoms with Crippen LogP contribution >= 0.6 is 0 Å². The molecule has 0 heterocycles. The van der Waals surface area contributed by atoms with Crippen LogP contribution in [0.2, 0.25) is 0 Å². The Kier molecular flexibility index (Phi) is 8.63. The lowest BCUT2D eigenvalue weighted by Gasteiger charge is -2.12. The number of hydrogen-bond acceptors (Lipinski definition) is 6. The number of esters is 1. The van der Waals surface area contributed by atoms with Gasteiger partial charge in [-0.3, -0.25) is 4.79 Å². The van der Waals surface area contributed by atoms with Crippen LogP contribution in [0.4, 0.5) is 5.69 Å². The summed E-state index contributed by atoms with van der Waals surface area (Å²) in [6.07, 6.45) is 1.47. The lowest BCUT2D eigenvalue weighted by Crippen LogP contribution is -2.14. The average molecular weight is 471 g/mol. The van der Waals surface area contributed by atoms with Gasteiger partial charge in [0.1, 0.15) is 29.7 Å². The van der Waals surface area contributed by atoms with Crippen molar-refractivity contribution in [1.82, 2.24) is 0 Å². The summed E-state index contributed by atoms with van der Waals surface area (Å²) in [6, 6.07) is 21.3. The first kappa shape index (κ1) is 25.1. The zero-order chi connectivity index (χ0) is 25.2. The standard InChI is InChI=1S/C28H26N2O5/c1-4-34-28(32)21-8-11-24(12-9-21)30-27(31)23(17-29)15-22-10-13-25(33-3)16-26(22)35-18-20-7-5-6-19(2)14-20/h5-16H,4,18H2,1-3H3,(H,30,31)/b23-15+. The van der Waals surface area contributed by atoms with Gasteiger partial charge in [0.25, 0.3) is 5.91 Å². The predicted octanol–water partition coefficient (Wildman–Crippen LogP) is 5.31. The van der Waals surface area contributed by atoms with E-state index >= 15 is 0 Å². The van der Waals surface area contributed by atoms with Crippen LogP contribution in [0.3, 0.4) is 0 Å². The van der Waals surface area contributed by atoms with Gasteiger partial charge in [-0.1, -0.05) is 29.8 Å². The van der Waals surface area contributed by atoms with Crippen LogP contribution in [0, 0.1) is 18.3 Å². The number of carbonyl (C=O) groups excluding carboxylic acids is 2. The number of anilines is 1. The minimum Gasteiger partial charge on any atom is -0.497 e. The van der Waals surface area contributed by atoms with Crippen molar-refractivity contribution >= 4 is 23.6 Å². The molecule has 7 heteroatoms. The molecule has 0 aliphatic carbocycles. The molecule has 1 amide bonds. The van der Waals surface area contributed by atoms with E-state index in [1.165, 1.54) is 6.08 Å². The minimum atomic E-state index is -0.586. The summed E-state index contributed by atoms with van der Waals surface area (Å²) >= 11 is 0. The van der Waals surface area contributed by atoms with Gasteiger partial charge in [-0.2, -0.15) is 5.26 Å². The van der Waals surface area contributed by atoms with E-state index in [0.717, 1.165) is 11.1 Å². The number of amides is 1. The molecule has 35 heavy (non-hydrogen) atoms. The fourth-order valence-electron chi connectivity index (χ4n) is 3.26. The van der Waals surface area contributed by atoms with E-state index in [1.807, 2.05) is 37.3 Å². The molecule has 0 aliphatic heterocycles. The maximum Gasteiger partial charge on any atom is 0.338 e. The van der Waals surface area contributed by atoms with Gasteiger partial charge >= 0.3 is 5.97 Å². The van der Waals surface area contributed by atoms with Crippen molar-refractivity contribution in [2.45, 2.75) is 20.5 Å². The van der Waals surface area contributed by atoms with Crippen molar-refractivity contribution in [2.24, 2.45) is 0 Å². The number of hydrogen-bond donors (Lipinski definition) is 1. The predicted molar refractivity (Wildman–Crippen MR) is 133 cm³/mol. The van der Waals surface area contributed by atoms with Gasteiger partial charge in [-0.15, -0.1) is 0 Å². The van der Waals surface area contributed by atoms with Crippen molar-refractivity contribution in [2.75, 3.05) is 19.0 Å². The van der Waals surface area contributed by atoms with Crippen LogP contribution in [0.25, 0.3) is 6.08 Å². The molecule has 3 aromatic carbocycles. The highest BCUT2D eigenvalue weighted by Crippen LogP contribution is 2.28. The smallest absolute Gasteiger partial charge is 0.338 e. The highest BCUT2D eigenvalue weighted by Gasteiger charge is 2.13. The van der Waals surface area contributed by atoms with Gasteiger partial charge in [0.15, 0.2) is 0 Å². The van der Waals surface area contributed by atoms with Crippen molar-refractivity contribution in [3.05, 3.63) is 94.6 Å². The van der Waals surface area contributed by atoms with E-state index in [9.17, 15) is 14.9 Å². The second-order valence-electron chi connectivity index (χ2n) is 7.60. The highest BCUT2D eigenvalue weighted by molar-refractivity contribution is 6.10. The normalized spacial score (nSPS) is 10.7. The summed E-state index contributed by atoms with van der Waals surface area (Å²) in [4.78, 5) is 24.6. The molecule has 0 fully saturated rings. The third-order valence-corrected chi connectivity index (χ3v) is 5.02. The molecule has 0 radical (unpaired) electrons. The topological polar surface area (TPSA) is 97.7 Å². The number of benzene rings is 3. The Balaban J connectivity index is 1.79. The Labute approximate surface area is 204 Å². The van der Waals surface area contributed by atoms with Crippen LogP contribution in [0.15, 0.2) is 72.3 Å². The molecule has 7 nitrogen and oxygen atoms in total. The number of nitriles is 1. The van der Waals surface area contributed by atoms with Crippen LogP contribution < -0.4 is 14.8 Å². The number of aryl methyl sites for hydroxylation is 1. The van der Waals surface area contributed by atoms with E-state index in [1.54, 1.807) is 56.5 Å². The molecule has 0 spiro atoms. The molecule has 0 bridgehead atoms. The van der Waals surface area contributed by atoms with Crippen LogP contribution in [-0.4, -0.2) is 25.6 Å². The first-order valence-corrected chi connectivity index (χ1v) is 11.0. The van der Waals surface area contributed by atoms with E-state index in [0.29, 0.717) is 34.9 Å². The number of ether oxygens (including phenoxy) is 3. The molecule has 0 aromatic heterocycles. The molecule has 0 atom stereocenters. The summed E-state index contributed by atoms with van der Waals surface area (Å²) in [7, 11) is 1.55. The fourth-order valence-corrected chi connectivity index (χ4v) is 3.26. The zero-order valence-electron chi connectivity index (χ0n) is 19.8. The Bertz CT molecular complexity index is 1270. The molecule has 0 aliphatic rings. The number of nitrogens with zero attached hydrogens (tertiary/aromatic N) is 1. The average Bonchev–Trinajstić information content (AvgIpc) is 2.87. The number of rotatable bonds is 9. The number of nitrogens with one attached hydrogen (secondary N) is 1. The van der Waals surface area contributed by atoms with Gasteiger partial charge in [0.2, 0.25) is 0 Å². The fraction of sp³-hybridized carbons (Fsp3) is 0.179. The second-order valence-corrected chi connectivity index (χ2v) is 7.60. The minimum absolute atomic E-state index is 0.106. The Morgan fingerprint density at radius 3 is 2.49 bits per heavy atom. The van der Waals surface area contributed by atoms with Crippen molar-refractivity contribution in [3.8, 4) is 17.6 Å². The zero-order valence-corrected chi connectivity index (χ0v) is 19.8. The summed E-state index contributed by atoms with van der Waals surface area (Å²) in [5.41, 5.74) is 3.38. The Hall–Kier alpha value is -4.57. The Morgan fingerprint density at radius 2 is 1.83 bits per heavy atom. The molecule has 0 unspecified atom stereocenters. The van der Waals surface area contributed by atoms with E-state index in [2.05, 4.69) is 5.32 Å². The summed E-state index contributed by atoms with van der Waals surface area (Å²) in [5.74, 6) is 0.0359. The van der Waals surface area contributed by atoms with Gasteiger partial charge in [0.05, 0.1) is 19.3 Å². The quantitative estimate of drug-likeness (QED) is 0.259. The molecule has 0 saturated carbocycles. The van der Waals surface area contributed by atoms with Crippen molar-refractivity contribution in [3.63, 3.8) is 0 Å². The monoisotopic (exact) mass is 470 g/mol. The van der Waals surface area contributed by atoms with Gasteiger partial charge in [-0.05, 0) is 61.9 Å². The SMILES string of the molecule is CCOC(=O)c1ccc(NC(=O)/C(C#N)=C/c2ccc(OC)cc2OCc2cccc(C)c2)cc1. The molecule has 3 rings (SSSR count). The molecule has 1 N–H and O–H groups in total. The largest absolute Gasteiger partial charge is 0.497 e. The highest BCUT2D eigenvalue weighted by atomic mass is 16.5. The Morgan fingerprint density at radius 1 is 1.06 bits per heavy atom. The van der Waals surface area contributed by atoms with Gasteiger partial charge < -0.3 is 19.5 Å². The molecule has 0 saturated heterocycles. The van der Waals surface area contributed by atoms with E-state index < -0.39 is 11.9 Å². The first-order valence-electron chi connectivity index (χ1n) is 11.0. The number of carbonyl (C=O) groups is 2. The third-order valence-electron chi connectivity index (χ3n) is 5.02. The lowest BCUT2D eigenvalue weighted by atomic mass is 10.1. The van der Waals surface area contributed by atoms with Crippen LogP contribution in [0.5, 0.6) is 11.5 Å². The molecular formula is C28H26N2O5. The molecule has 3 aromatic rings. The maximum atomic E-state index is 12.8. The van der Waals surface area contributed by atoms with E-state index in [4.69, 9.17) is 14.2 Å².